The molecule has 6 heteroatoms. The quantitative estimate of drug-likeness (QED) is 0.497. The lowest BCUT2D eigenvalue weighted by Gasteiger charge is -2.27. The molecule has 1 aromatic heterocycles. The van der Waals surface area contributed by atoms with E-state index >= 15 is 0 Å². The number of esters is 1. The lowest BCUT2D eigenvalue weighted by molar-refractivity contribution is 0.0512. The number of amides is 1. The molecule has 0 saturated carbocycles. The lowest BCUT2D eigenvalue weighted by Crippen LogP contribution is -2.43. The van der Waals surface area contributed by atoms with E-state index in [1.807, 2.05) is 31.4 Å². The van der Waals surface area contributed by atoms with Crippen molar-refractivity contribution < 1.29 is 19.1 Å². The van der Waals surface area contributed by atoms with Crippen LogP contribution < -0.4 is 0 Å². The van der Waals surface area contributed by atoms with Gasteiger partial charge in [0.15, 0.2) is 5.78 Å². The first-order valence-corrected chi connectivity index (χ1v) is 10.1. The van der Waals surface area contributed by atoms with E-state index in [-0.39, 0.29) is 18.3 Å². The van der Waals surface area contributed by atoms with Crippen molar-refractivity contribution in [2.45, 2.75) is 54.1 Å². The van der Waals surface area contributed by atoms with E-state index in [1.54, 1.807) is 49.9 Å². The number of carbonyl (C=O) groups excluding carboxylic acids is 3. The standard InChI is InChI=1S/C23H30N2O4/c1-7-24-16(5)19(15(4)20(24)23(28)29-9-3)21(26)17(6)25(8-2)22(27)18-13-11-10-12-14-18/h10-14,17H,7-9H2,1-6H3. The largest absolute Gasteiger partial charge is 0.461 e. The molecular weight excluding hydrogens is 368 g/mol. The Morgan fingerprint density at radius 3 is 2.21 bits per heavy atom. The van der Waals surface area contributed by atoms with Crippen LogP contribution in [0, 0.1) is 13.8 Å². The number of rotatable bonds is 8. The Morgan fingerprint density at radius 1 is 1.07 bits per heavy atom. The summed E-state index contributed by atoms with van der Waals surface area (Å²) in [4.78, 5) is 40.4. The second-order valence-electron chi connectivity index (χ2n) is 6.90. The zero-order valence-corrected chi connectivity index (χ0v) is 18.1. The summed E-state index contributed by atoms with van der Waals surface area (Å²) >= 11 is 0. The number of ketones is 1. The maximum absolute atomic E-state index is 13.4. The molecule has 0 aliphatic carbocycles. The number of benzene rings is 1. The molecule has 1 amide bonds. The van der Waals surface area contributed by atoms with Gasteiger partial charge in [0.1, 0.15) is 5.69 Å². The summed E-state index contributed by atoms with van der Waals surface area (Å²) in [6.07, 6.45) is 0. The van der Waals surface area contributed by atoms with Crippen LogP contribution in [0.3, 0.4) is 0 Å². The van der Waals surface area contributed by atoms with E-state index in [1.165, 1.54) is 0 Å². The van der Waals surface area contributed by atoms with Crippen LogP contribution in [-0.4, -0.2) is 46.3 Å². The highest BCUT2D eigenvalue weighted by Crippen LogP contribution is 2.26. The second kappa shape index (κ2) is 9.54. The van der Waals surface area contributed by atoms with E-state index in [0.717, 1.165) is 0 Å². The third-order valence-electron chi connectivity index (χ3n) is 5.27. The molecule has 1 unspecified atom stereocenters. The number of nitrogens with zero attached hydrogens (tertiary/aromatic N) is 2. The highest BCUT2D eigenvalue weighted by atomic mass is 16.5. The van der Waals surface area contributed by atoms with Crippen molar-refractivity contribution in [3.8, 4) is 0 Å². The zero-order chi connectivity index (χ0) is 21.7. The Labute approximate surface area is 172 Å². The number of ether oxygens (including phenoxy) is 1. The van der Waals surface area contributed by atoms with Gasteiger partial charge in [-0.15, -0.1) is 0 Å². The predicted octanol–water partition coefficient (Wildman–Crippen LogP) is 4.04. The van der Waals surface area contributed by atoms with Gasteiger partial charge in [-0.05, 0) is 59.2 Å². The van der Waals surface area contributed by atoms with Gasteiger partial charge < -0.3 is 14.2 Å². The smallest absolute Gasteiger partial charge is 0.355 e. The summed E-state index contributed by atoms with van der Waals surface area (Å²) in [5, 5.41) is 0. The molecule has 0 radical (unpaired) electrons. The van der Waals surface area contributed by atoms with Crippen LogP contribution >= 0.6 is 0 Å². The van der Waals surface area contributed by atoms with Gasteiger partial charge in [0.25, 0.3) is 5.91 Å². The van der Waals surface area contributed by atoms with Crippen molar-refractivity contribution in [1.29, 1.82) is 0 Å². The fourth-order valence-corrected chi connectivity index (χ4v) is 3.81. The van der Waals surface area contributed by atoms with Crippen LogP contribution in [0.25, 0.3) is 0 Å². The van der Waals surface area contributed by atoms with Gasteiger partial charge >= 0.3 is 5.97 Å². The SMILES string of the molecule is CCOC(=O)c1c(C)c(C(=O)C(C)N(CC)C(=O)c2ccccc2)c(C)n1CC. The van der Waals surface area contributed by atoms with Crippen molar-refractivity contribution in [2.24, 2.45) is 0 Å². The van der Waals surface area contributed by atoms with Crippen molar-refractivity contribution in [3.63, 3.8) is 0 Å². The van der Waals surface area contributed by atoms with Crippen LogP contribution in [0.4, 0.5) is 0 Å². The molecule has 0 fully saturated rings. The molecule has 0 saturated heterocycles. The summed E-state index contributed by atoms with van der Waals surface area (Å²) < 4.78 is 7.00. The van der Waals surface area contributed by atoms with Crippen molar-refractivity contribution in [1.82, 2.24) is 9.47 Å². The van der Waals surface area contributed by atoms with Gasteiger partial charge in [0.05, 0.1) is 12.6 Å². The summed E-state index contributed by atoms with van der Waals surface area (Å²) in [7, 11) is 0. The molecule has 1 aromatic carbocycles. The summed E-state index contributed by atoms with van der Waals surface area (Å²) in [5.74, 6) is -0.803. The Balaban J connectivity index is 2.45. The molecule has 0 bridgehead atoms. The molecule has 0 spiro atoms. The monoisotopic (exact) mass is 398 g/mol. The molecule has 0 aliphatic heterocycles. The fraction of sp³-hybridized carbons (Fsp3) is 0.435. The van der Waals surface area contributed by atoms with Crippen LogP contribution in [0.1, 0.15) is 70.2 Å². The van der Waals surface area contributed by atoms with Gasteiger partial charge in [-0.1, -0.05) is 18.2 Å². The Bertz CT molecular complexity index is 899. The molecular formula is C23H30N2O4. The van der Waals surface area contributed by atoms with Gasteiger partial charge in [0.2, 0.25) is 0 Å². The summed E-state index contributed by atoms with van der Waals surface area (Å²) in [5.41, 5.74) is 2.75. The molecule has 0 aliphatic rings. The Morgan fingerprint density at radius 2 is 1.69 bits per heavy atom. The number of hydrogen-bond acceptors (Lipinski definition) is 4. The van der Waals surface area contributed by atoms with Gasteiger partial charge in [-0.2, -0.15) is 0 Å². The van der Waals surface area contributed by atoms with Crippen molar-refractivity contribution in [3.05, 3.63) is 58.4 Å². The minimum absolute atomic E-state index is 0.177. The molecule has 2 aromatic rings. The normalized spacial score (nSPS) is 11.8. The molecule has 0 N–H and O–H groups in total. The van der Waals surface area contributed by atoms with Gasteiger partial charge in [-0.3, -0.25) is 9.59 Å². The molecule has 156 valence electrons. The first-order chi connectivity index (χ1) is 13.8. The van der Waals surface area contributed by atoms with Crippen LogP contribution in [0.2, 0.25) is 0 Å². The van der Waals surface area contributed by atoms with Gasteiger partial charge in [-0.25, -0.2) is 4.79 Å². The number of likely N-dealkylation sites (N-methyl/N-ethyl adjacent to an activating group) is 1. The predicted molar refractivity (Wildman–Crippen MR) is 112 cm³/mol. The maximum Gasteiger partial charge on any atom is 0.355 e. The van der Waals surface area contributed by atoms with Crippen LogP contribution in [-0.2, 0) is 11.3 Å². The van der Waals surface area contributed by atoms with E-state index in [4.69, 9.17) is 4.74 Å². The highest BCUT2D eigenvalue weighted by molar-refractivity contribution is 6.07. The molecule has 1 heterocycles. The highest BCUT2D eigenvalue weighted by Gasteiger charge is 2.32. The lowest BCUT2D eigenvalue weighted by atomic mass is 9.99. The minimum atomic E-state index is -0.659. The molecule has 2 rings (SSSR count). The molecule has 6 nitrogen and oxygen atoms in total. The third kappa shape index (κ3) is 4.26. The Kier molecular flexibility index (Phi) is 7.37. The van der Waals surface area contributed by atoms with E-state index < -0.39 is 12.0 Å². The van der Waals surface area contributed by atoms with Crippen LogP contribution in [0.15, 0.2) is 30.3 Å². The average Bonchev–Trinajstić information content (AvgIpc) is 2.98. The zero-order valence-electron chi connectivity index (χ0n) is 18.1. The average molecular weight is 399 g/mol. The molecule has 29 heavy (non-hydrogen) atoms. The number of hydrogen-bond donors (Lipinski definition) is 0. The Hall–Kier alpha value is -2.89. The van der Waals surface area contributed by atoms with E-state index in [9.17, 15) is 14.4 Å². The van der Waals surface area contributed by atoms with Gasteiger partial charge in [0, 0.05) is 29.9 Å². The number of aromatic nitrogens is 1. The van der Waals surface area contributed by atoms with Crippen molar-refractivity contribution in [2.75, 3.05) is 13.2 Å². The topological polar surface area (TPSA) is 68.6 Å². The van der Waals surface area contributed by atoms with E-state index in [2.05, 4.69) is 0 Å². The fourth-order valence-electron chi connectivity index (χ4n) is 3.81. The summed E-state index contributed by atoms with van der Waals surface area (Å²) in [6, 6.07) is 8.27. The maximum atomic E-state index is 13.4. The number of carbonyl (C=O) groups is 3. The minimum Gasteiger partial charge on any atom is -0.461 e. The number of Topliss-reactive ketones (excluding diaryl/α,β-unsaturated/α-hetero) is 1. The first kappa shape index (κ1) is 22.4. The summed E-state index contributed by atoms with van der Waals surface area (Å²) in [6.45, 7) is 12.1. The van der Waals surface area contributed by atoms with E-state index in [0.29, 0.717) is 41.2 Å². The van der Waals surface area contributed by atoms with Crippen molar-refractivity contribution >= 4 is 17.7 Å². The second-order valence-corrected chi connectivity index (χ2v) is 6.90. The first-order valence-electron chi connectivity index (χ1n) is 10.1. The van der Waals surface area contributed by atoms with Crippen LogP contribution in [0.5, 0.6) is 0 Å². The third-order valence-corrected chi connectivity index (χ3v) is 5.27. The molecule has 1 atom stereocenters.